The Labute approximate surface area is 79.1 Å². The molecule has 0 aromatic rings. The highest BCUT2D eigenvalue weighted by Gasteiger charge is 2.07. The third kappa shape index (κ3) is 7.31. The maximum absolute atomic E-state index is 11.1. The number of nitrogens with one attached hydrogen (secondary N) is 2. The molecular weight excluding hydrogens is 168 g/mol. The first kappa shape index (κ1) is 11.9. The summed E-state index contributed by atoms with van der Waals surface area (Å²) in [6.07, 6.45) is 1.47. The maximum Gasteiger partial charge on any atom is 0.239 e. The molecule has 0 fully saturated rings. The Bertz CT molecular complexity index is 169. The first-order valence-electron chi connectivity index (χ1n) is 4.52. The van der Waals surface area contributed by atoms with Crippen molar-refractivity contribution in [2.24, 2.45) is 5.92 Å². The minimum absolute atomic E-state index is 0.0614. The number of amides is 2. The zero-order chi connectivity index (χ0) is 10.3. The fourth-order valence-electron chi connectivity index (χ4n) is 1.23. The fourth-order valence-corrected chi connectivity index (χ4v) is 1.23. The Morgan fingerprint density at radius 1 is 1.38 bits per heavy atom. The average molecular weight is 186 g/mol. The lowest BCUT2D eigenvalue weighted by Gasteiger charge is -2.15. The van der Waals surface area contributed by atoms with E-state index in [-0.39, 0.29) is 18.5 Å². The molecule has 0 aliphatic heterocycles. The molecule has 0 bridgehead atoms. The van der Waals surface area contributed by atoms with Crippen LogP contribution in [0.5, 0.6) is 0 Å². The van der Waals surface area contributed by atoms with Crippen LogP contribution in [0.2, 0.25) is 0 Å². The SMILES string of the molecule is CC(C)C[C@@H](C)NC(=O)CNC=O. The molecule has 13 heavy (non-hydrogen) atoms. The summed E-state index contributed by atoms with van der Waals surface area (Å²) >= 11 is 0. The lowest BCUT2D eigenvalue weighted by Crippen LogP contribution is -2.39. The molecule has 0 radical (unpaired) electrons. The standard InChI is InChI=1S/C9H18N2O2/c1-7(2)4-8(3)11-9(13)5-10-6-12/h6-8H,4-5H2,1-3H3,(H,10,12)(H,11,13)/t8-/m1/s1. The second-order valence-electron chi connectivity index (χ2n) is 3.60. The highest BCUT2D eigenvalue weighted by Crippen LogP contribution is 2.02. The van der Waals surface area contributed by atoms with Gasteiger partial charge in [0, 0.05) is 6.04 Å². The molecule has 0 saturated carbocycles. The number of carbonyl (C=O) groups excluding carboxylic acids is 2. The summed E-state index contributed by atoms with van der Waals surface area (Å²) in [6.45, 7) is 6.23. The molecule has 0 heterocycles. The first-order chi connectivity index (χ1) is 6.06. The molecule has 2 amide bonds. The van der Waals surface area contributed by atoms with Crippen LogP contribution in [0, 0.1) is 5.92 Å². The number of carbonyl (C=O) groups is 2. The van der Waals surface area contributed by atoms with Gasteiger partial charge < -0.3 is 10.6 Å². The maximum atomic E-state index is 11.1. The summed E-state index contributed by atoms with van der Waals surface area (Å²) in [7, 11) is 0. The number of hydrogen-bond donors (Lipinski definition) is 2. The van der Waals surface area contributed by atoms with E-state index in [0.29, 0.717) is 12.3 Å². The predicted octanol–water partition coefficient (Wildman–Crippen LogP) is 0.283. The van der Waals surface area contributed by atoms with Gasteiger partial charge in [-0.15, -0.1) is 0 Å². The molecule has 0 aromatic carbocycles. The molecule has 0 aliphatic rings. The van der Waals surface area contributed by atoms with Gasteiger partial charge in [0.2, 0.25) is 12.3 Å². The van der Waals surface area contributed by atoms with E-state index in [1.165, 1.54) is 0 Å². The van der Waals surface area contributed by atoms with E-state index in [2.05, 4.69) is 24.5 Å². The van der Waals surface area contributed by atoms with Crippen LogP contribution in [-0.4, -0.2) is 24.9 Å². The predicted molar refractivity (Wildman–Crippen MR) is 51.1 cm³/mol. The molecule has 0 aromatic heterocycles. The van der Waals surface area contributed by atoms with E-state index in [0.717, 1.165) is 6.42 Å². The third-order valence-electron chi connectivity index (χ3n) is 1.58. The minimum Gasteiger partial charge on any atom is -0.352 e. The van der Waals surface area contributed by atoms with Crippen LogP contribution in [0.25, 0.3) is 0 Å². The summed E-state index contributed by atoms with van der Waals surface area (Å²) in [6, 6.07) is 0.168. The van der Waals surface area contributed by atoms with E-state index in [1.807, 2.05) is 6.92 Å². The van der Waals surface area contributed by atoms with Crippen molar-refractivity contribution >= 4 is 12.3 Å². The second-order valence-corrected chi connectivity index (χ2v) is 3.60. The van der Waals surface area contributed by atoms with Crippen molar-refractivity contribution in [3.05, 3.63) is 0 Å². The monoisotopic (exact) mass is 186 g/mol. The van der Waals surface area contributed by atoms with Crippen molar-refractivity contribution in [3.8, 4) is 0 Å². The van der Waals surface area contributed by atoms with Gasteiger partial charge in [-0.2, -0.15) is 0 Å². The van der Waals surface area contributed by atoms with Gasteiger partial charge in [-0.05, 0) is 19.3 Å². The summed E-state index contributed by atoms with van der Waals surface area (Å²) in [5.74, 6) is 0.426. The lowest BCUT2D eigenvalue weighted by molar-refractivity contribution is -0.122. The summed E-state index contributed by atoms with van der Waals surface area (Å²) in [5.41, 5.74) is 0. The van der Waals surface area contributed by atoms with Gasteiger partial charge in [0.25, 0.3) is 0 Å². The van der Waals surface area contributed by atoms with E-state index in [9.17, 15) is 9.59 Å². The zero-order valence-electron chi connectivity index (χ0n) is 8.46. The highest BCUT2D eigenvalue weighted by atomic mass is 16.2. The van der Waals surface area contributed by atoms with Gasteiger partial charge in [-0.1, -0.05) is 13.8 Å². The van der Waals surface area contributed by atoms with E-state index in [4.69, 9.17) is 0 Å². The van der Waals surface area contributed by atoms with Crippen LogP contribution >= 0.6 is 0 Å². The quantitative estimate of drug-likeness (QED) is 0.585. The Balaban J connectivity index is 3.58. The van der Waals surface area contributed by atoms with Crippen molar-refractivity contribution in [2.45, 2.75) is 33.2 Å². The molecular formula is C9H18N2O2. The lowest BCUT2D eigenvalue weighted by atomic mass is 10.1. The minimum atomic E-state index is -0.139. The molecule has 0 aliphatic carbocycles. The Morgan fingerprint density at radius 2 is 2.00 bits per heavy atom. The van der Waals surface area contributed by atoms with Crippen LogP contribution in [0.3, 0.4) is 0 Å². The van der Waals surface area contributed by atoms with Gasteiger partial charge in [0.15, 0.2) is 0 Å². The second kappa shape index (κ2) is 6.46. The van der Waals surface area contributed by atoms with Crippen molar-refractivity contribution in [1.82, 2.24) is 10.6 Å². The van der Waals surface area contributed by atoms with Crippen molar-refractivity contribution < 1.29 is 9.59 Å². The number of rotatable bonds is 6. The van der Waals surface area contributed by atoms with Crippen LogP contribution in [0.1, 0.15) is 27.2 Å². The van der Waals surface area contributed by atoms with Crippen LogP contribution in [0.4, 0.5) is 0 Å². The topological polar surface area (TPSA) is 58.2 Å². The largest absolute Gasteiger partial charge is 0.352 e. The van der Waals surface area contributed by atoms with Crippen LogP contribution < -0.4 is 10.6 Å². The first-order valence-corrected chi connectivity index (χ1v) is 4.52. The van der Waals surface area contributed by atoms with Gasteiger partial charge >= 0.3 is 0 Å². The molecule has 4 nitrogen and oxygen atoms in total. The van der Waals surface area contributed by atoms with E-state index >= 15 is 0 Å². The normalized spacial score (nSPS) is 12.3. The number of hydrogen-bond acceptors (Lipinski definition) is 2. The summed E-state index contributed by atoms with van der Waals surface area (Å²) < 4.78 is 0. The zero-order valence-corrected chi connectivity index (χ0v) is 8.46. The Kier molecular flexibility index (Phi) is 5.93. The summed E-state index contributed by atoms with van der Waals surface area (Å²) in [5, 5.41) is 5.10. The Morgan fingerprint density at radius 3 is 2.46 bits per heavy atom. The average Bonchev–Trinajstić information content (AvgIpc) is 1.98. The molecule has 0 spiro atoms. The molecule has 2 N–H and O–H groups in total. The Hall–Kier alpha value is -1.06. The molecule has 4 heteroatoms. The van der Waals surface area contributed by atoms with Gasteiger partial charge in [-0.25, -0.2) is 0 Å². The van der Waals surface area contributed by atoms with E-state index in [1.54, 1.807) is 0 Å². The van der Waals surface area contributed by atoms with Crippen molar-refractivity contribution in [2.75, 3.05) is 6.54 Å². The molecule has 0 saturated heterocycles. The van der Waals surface area contributed by atoms with Crippen molar-refractivity contribution in [1.29, 1.82) is 0 Å². The van der Waals surface area contributed by atoms with Crippen molar-refractivity contribution in [3.63, 3.8) is 0 Å². The van der Waals surface area contributed by atoms with Crippen LogP contribution in [-0.2, 0) is 9.59 Å². The van der Waals surface area contributed by atoms with Gasteiger partial charge in [0.05, 0.1) is 6.54 Å². The third-order valence-corrected chi connectivity index (χ3v) is 1.58. The molecule has 76 valence electrons. The molecule has 0 rings (SSSR count). The summed E-state index contributed by atoms with van der Waals surface area (Å²) in [4.78, 5) is 20.9. The van der Waals surface area contributed by atoms with Crippen LogP contribution in [0.15, 0.2) is 0 Å². The molecule has 1 atom stereocenters. The van der Waals surface area contributed by atoms with Gasteiger partial charge in [0.1, 0.15) is 0 Å². The van der Waals surface area contributed by atoms with Gasteiger partial charge in [-0.3, -0.25) is 9.59 Å². The van der Waals surface area contributed by atoms with E-state index < -0.39 is 0 Å². The smallest absolute Gasteiger partial charge is 0.239 e. The highest BCUT2D eigenvalue weighted by molar-refractivity contribution is 5.79. The fraction of sp³-hybridized carbons (Fsp3) is 0.778. The molecule has 0 unspecified atom stereocenters.